The van der Waals surface area contributed by atoms with Gasteiger partial charge in [0.05, 0.1) is 5.41 Å². The minimum atomic E-state index is -0.763. The summed E-state index contributed by atoms with van der Waals surface area (Å²) in [5.41, 5.74) is 3.69. The Labute approximate surface area is 185 Å². The van der Waals surface area contributed by atoms with Gasteiger partial charge < -0.3 is 0 Å². The van der Waals surface area contributed by atoms with E-state index in [-0.39, 0.29) is 0 Å². The molecule has 0 aromatic heterocycles. The van der Waals surface area contributed by atoms with Crippen molar-refractivity contribution in [2.45, 2.75) is 24.7 Å². The summed E-state index contributed by atoms with van der Waals surface area (Å²) in [6, 6.07) is 41.2. The molecule has 0 unspecified atom stereocenters. The van der Waals surface area contributed by atoms with Crippen LogP contribution in [0.4, 0.5) is 0 Å². The van der Waals surface area contributed by atoms with E-state index in [1.807, 2.05) is 72.8 Å². The molecule has 0 saturated carbocycles. The van der Waals surface area contributed by atoms with Crippen LogP contribution in [-0.2, 0) is 10.2 Å². The lowest BCUT2D eigenvalue weighted by molar-refractivity contribution is 0.489. The second-order valence-electron chi connectivity index (χ2n) is 7.80. The van der Waals surface area contributed by atoms with Crippen LogP contribution in [0.2, 0.25) is 0 Å². The van der Waals surface area contributed by atoms with Crippen LogP contribution in [0.3, 0.4) is 0 Å². The molecule has 2 radical (unpaired) electrons. The molecule has 0 aliphatic carbocycles. The van der Waals surface area contributed by atoms with Crippen molar-refractivity contribution in [1.29, 1.82) is 0 Å². The molecule has 0 spiro atoms. The van der Waals surface area contributed by atoms with E-state index in [0.717, 1.165) is 24.0 Å². The van der Waals surface area contributed by atoms with Gasteiger partial charge in [-0.1, -0.05) is 128 Å². The van der Waals surface area contributed by atoms with Gasteiger partial charge in [-0.3, -0.25) is 4.79 Å². The molecule has 4 aromatic rings. The first kappa shape index (κ1) is 20.8. The van der Waals surface area contributed by atoms with Crippen LogP contribution in [0.15, 0.2) is 121 Å². The van der Waals surface area contributed by atoms with Crippen molar-refractivity contribution in [3.63, 3.8) is 0 Å². The third-order valence-electron chi connectivity index (χ3n) is 5.93. The fourth-order valence-corrected chi connectivity index (χ4v) is 4.33. The Morgan fingerprint density at radius 2 is 0.968 bits per heavy atom. The summed E-state index contributed by atoms with van der Waals surface area (Å²) in [4.78, 5) is 12.5. The maximum absolute atomic E-state index is 12.5. The monoisotopic (exact) mass is 402 g/mol. The summed E-state index contributed by atoms with van der Waals surface area (Å²) in [5.74, 6) is 1.31. The predicted molar refractivity (Wildman–Crippen MR) is 128 cm³/mol. The van der Waals surface area contributed by atoms with E-state index in [1.165, 1.54) is 17.0 Å². The summed E-state index contributed by atoms with van der Waals surface area (Å²) in [6.45, 7) is 0. The Bertz CT molecular complexity index is 977. The van der Waals surface area contributed by atoms with Gasteiger partial charge in [-0.05, 0) is 35.1 Å². The molecule has 1 nitrogen and oxygen atoms in total. The molecule has 0 amide bonds. The van der Waals surface area contributed by atoms with Gasteiger partial charge in [0.2, 0.25) is 6.29 Å². The number of hydrogen-bond acceptors (Lipinski definition) is 1. The van der Waals surface area contributed by atoms with Crippen molar-refractivity contribution in [1.82, 2.24) is 0 Å². The standard InChI is InChI=1S/C30H26O/c31-24-30(27-18-9-3-10-19-27,28-20-11-4-12-21-28)23-13-22-29(25-14-5-1-6-15-25)26-16-7-2-8-17-26/h1-12,14-21H,13,22-23H2. The largest absolute Gasteiger partial charge is 0.289 e. The van der Waals surface area contributed by atoms with Gasteiger partial charge in [0.15, 0.2) is 0 Å². The molecule has 0 aliphatic heterocycles. The zero-order valence-corrected chi connectivity index (χ0v) is 17.6. The predicted octanol–water partition coefficient (Wildman–Crippen LogP) is 6.92. The van der Waals surface area contributed by atoms with E-state index in [2.05, 4.69) is 54.8 Å². The van der Waals surface area contributed by atoms with E-state index in [4.69, 9.17) is 0 Å². The third-order valence-corrected chi connectivity index (χ3v) is 5.93. The van der Waals surface area contributed by atoms with Crippen molar-refractivity contribution in [2.24, 2.45) is 0 Å². The molecular weight excluding hydrogens is 376 g/mol. The lowest BCUT2D eigenvalue weighted by Crippen LogP contribution is -2.29. The maximum Gasteiger partial charge on any atom is 0.214 e. The molecule has 0 N–H and O–H groups in total. The van der Waals surface area contributed by atoms with Crippen molar-refractivity contribution in [2.75, 3.05) is 0 Å². The van der Waals surface area contributed by atoms with Crippen molar-refractivity contribution < 1.29 is 4.79 Å². The highest BCUT2D eigenvalue weighted by Gasteiger charge is 2.35. The molecule has 0 atom stereocenters. The minimum absolute atomic E-state index is 0.702. The van der Waals surface area contributed by atoms with Gasteiger partial charge in [-0.25, -0.2) is 0 Å². The lowest BCUT2D eigenvalue weighted by Gasteiger charge is -2.29. The molecule has 4 aromatic carbocycles. The minimum Gasteiger partial charge on any atom is -0.289 e. The Hall–Kier alpha value is -3.45. The molecule has 1 heteroatoms. The molecule has 152 valence electrons. The molecule has 0 fully saturated rings. The molecule has 4 rings (SSSR count). The number of benzene rings is 4. The third kappa shape index (κ3) is 4.67. The normalized spacial score (nSPS) is 11.4. The van der Waals surface area contributed by atoms with Crippen LogP contribution in [0.1, 0.15) is 41.5 Å². The molecule has 0 aliphatic rings. The van der Waals surface area contributed by atoms with Crippen LogP contribution < -0.4 is 0 Å². The topological polar surface area (TPSA) is 17.1 Å². The highest BCUT2D eigenvalue weighted by atomic mass is 16.1. The van der Waals surface area contributed by atoms with E-state index >= 15 is 0 Å². The van der Waals surface area contributed by atoms with Gasteiger partial charge in [-0.2, -0.15) is 0 Å². The zero-order chi connectivity index (χ0) is 21.4. The van der Waals surface area contributed by atoms with E-state index in [0.29, 0.717) is 6.42 Å². The van der Waals surface area contributed by atoms with Crippen LogP contribution in [-0.4, -0.2) is 6.29 Å². The Morgan fingerprint density at radius 3 is 1.35 bits per heavy atom. The van der Waals surface area contributed by atoms with E-state index in [9.17, 15) is 4.79 Å². The van der Waals surface area contributed by atoms with Crippen LogP contribution >= 0.6 is 0 Å². The van der Waals surface area contributed by atoms with Crippen molar-refractivity contribution in [3.05, 3.63) is 149 Å². The molecule has 31 heavy (non-hydrogen) atoms. The Kier molecular flexibility index (Phi) is 6.74. The lowest BCUT2D eigenvalue weighted by atomic mass is 9.71. The maximum atomic E-state index is 12.5. The SMILES string of the molecule is O=[C]C(CCC[C](c1ccccc1)c1ccccc1)(c1ccccc1)c1ccccc1. The van der Waals surface area contributed by atoms with Gasteiger partial charge >= 0.3 is 0 Å². The average molecular weight is 403 g/mol. The van der Waals surface area contributed by atoms with Crippen molar-refractivity contribution in [3.8, 4) is 0 Å². The van der Waals surface area contributed by atoms with Crippen LogP contribution in [0, 0.1) is 5.92 Å². The highest BCUT2D eigenvalue weighted by molar-refractivity contribution is 5.75. The van der Waals surface area contributed by atoms with Gasteiger partial charge in [0, 0.05) is 5.92 Å². The van der Waals surface area contributed by atoms with Gasteiger partial charge in [0.1, 0.15) is 0 Å². The first-order valence-corrected chi connectivity index (χ1v) is 10.8. The second kappa shape index (κ2) is 10.0. The first-order chi connectivity index (χ1) is 15.3. The summed E-state index contributed by atoms with van der Waals surface area (Å²) < 4.78 is 0. The summed E-state index contributed by atoms with van der Waals surface area (Å²) >= 11 is 0. The molecule has 0 heterocycles. The number of rotatable bonds is 9. The fourth-order valence-electron chi connectivity index (χ4n) is 4.33. The van der Waals surface area contributed by atoms with E-state index < -0.39 is 5.41 Å². The number of hydrogen-bond donors (Lipinski definition) is 0. The molecular formula is C30H26O. The number of carbonyl (C=O) groups excluding carboxylic acids is 1. The Morgan fingerprint density at radius 1 is 0.581 bits per heavy atom. The first-order valence-electron chi connectivity index (χ1n) is 10.8. The summed E-state index contributed by atoms with van der Waals surface area (Å²) in [7, 11) is 0. The van der Waals surface area contributed by atoms with Gasteiger partial charge in [0.25, 0.3) is 0 Å². The van der Waals surface area contributed by atoms with E-state index in [1.54, 1.807) is 0 Å². The molecule has 0 bridgehead atoms. The Balaban J connectivity index is 1.63. The summed E-state index contributed by atoms with van der Waals surface area (Å²) in [6.07, 6.45) is 4.90. The van der Waals surface area contributed by atoms with Crippen LogP contribution in [0.25, 0.3) is 0 Å². The summed E-state index contributed by atoms with van der Waals surface area (Å²) in [5, 5.41) is 0. The molecule has 0 saturated heterocycles. The van der Waals surface area contributed by atoms with Crippen molar-refractivity contribution >= 4 is 6.29 Å². The van der Waals surface area contributed by atoms with Crippen LogP contribution in [0.5, 0.6) is 0 Å². The quantitative estimate of drug-likeness (QED) is 0.297. The fraction of sp³-hybridized carbons (Fsp3) is 0.133. The second-order valence-corrected chi connectivity index (χ2v) is 7.80. The van der Waals surface area contributed by atoms with Gasteiger partial charge in [-0.15, -0.1) is 0 Å². The zero-order valence-electron chi connectivity index (χ0n) is 17.6. The average Bonchev–Trinajstić information content (AvgIpc) is 2.87. The smallest absolute Gasteiger partial charge is 0.214 e. The highest BCUT2D eigenvalue weighted by Crippen LogP contribution is 2.37.